The molecule has 0 aliphatic heterocycles. The van der Waals surface area contributed by atoms with Crippen LogP contribution in [-0.2, 0) is 10.0 Å². The highest BCUT2D eigenvalue weighted by molar-refractivity contribution is 7.92. The summed E-state index contributed by atoms with van der Waals surface area (Å²) in [5.74, 6) is 0. The zero-order chi connectivity index (χ0) is 19.3. The van der Waals surface area contributed by atoms with Gasteiger partial charge < -0.3 is 0 Å². The summed E-state index contributed by atoms with van der Waals surface area (Å²) < 4.78 is 27.3. The lowest BCUT2D eigenvalue weighted by Gasteiger charge is -2.19. The monoisotopic (exact) mass is 410 g/mol. The van der Waals surface area contributed by atoms with Crippen LogP contribution in [0.15, 0.2) is 59.5 Å². The number of rotatable bonds is 6. The number of thiocarbonyl (C=S) groups is 1. The standard InChI is InChI=1S/C18H19ClN2O3S2/c1-13(21(22)14(2)25)3-4-15-5-11-18(12-6-15)26(23,24)20-17-9-7-16(19)8-10-17/h3-13,20,22H,1-2H3/b4-3+. The molecule has 0 bridgehead atoms. The van der Waals surface area contributed by atoms with Crippen molar-refractivity contribution in [2.45, 2.75) is 24.8 Å². The Bertz CT molecular complexity index is 895. The van der Waals surface area contributed by atoms with Crippen molar-refractivity contribution >= 4 is 50.6 Å². The Hall–Kier alpha value is -1.93. The molecule has 0 fully saturated rings. The fraction of sp³-hybridized carbons (Fsp3) is 0.167. The van der Waals surface area contributed by atoms with Gasteiger partial charge in [-0.25, -0.2) is 13.5 Å². The third-order valence-electron chi connectivity index (χ3n) is 3.56. The lowest BCUT2D eigenvalue weighted by atomic mass is 10.2. The Morgan fingerprint density at radius 3 is 2.31 bits per heavy atom. The van der Waals surface area contributed by atoms with E-state index in [0.717, 1.165) is 10.6 Å². The van der Waals surface area contributed by atoms with Gasteiger partial charge in [0, 0.05) is 10.7 Å². The van der Waals surface area contributed by atoms with Crippen molar-refractivity contribution < 1.29 is 13.6 Å². The summed E-state index contributed by atoms with van der Waals surface area (Å²) in [6.45, 7) is 3.42. The molecule has 0 spiro atoms. The highest BCUT2D eigenvalue weighted by atomic mass is 35.5. The number of benzene rings is 2. The molecule has 2 rings (SSSR count). The molecule has 0 aliphatic carbocycles. The molecule has 5 nitrogen and oxygen atoms in total. The maximum Gasteiger partial charge on any atom is 0.261 e. The number of hydrogen-bond donors (Lipinski definition) is 2. The van der Waals surface area contributed by atoms with Gasteiger partial charge in [0.15, 0.2) is 0 Å². The quantitative estimate of drug-likeness (QED) is 0.538. The van der Waals surface area contributed by atoms with Crippen molar-refractivity contribution in [1.29, 1.82) is 0 Å². The second-order valence-electron chi connectivity index (χ2n) is 5.64. The minimum atomic E-state index is -3.68. The third kappa shape index (κ3) is 5.54. The van der Waals surface area contributed by atoms with Gasteiger partial charge in [-0.05, 0) is 55.8 Å². The molecule has 1 atom stereocenters. The van der Waals surface area contributed by atoms with Crippen LogP contribution in [0.2, 0.25) is 5.02 Å². The van der Waals surface area contributed by atoms with E-state index in [1.54, 1.807) is 62.4 Å². The van der Waals surface area contributed by atoms with Crippen LogP contribution < -0.4 is 4.72 Å². The van der Waals surface area contributed by atoms with Gasteiger partial charge in [0.1, 0.15) is 4.99 Å². The van der Waals surface area contributed by atoms with Gasteiger partial charge >= 0.3 is 0 Å². The molecule has 2 aromatic carbocycles. The fourth-order valence-corrected chi connectivity index (χ4v) is 3.46. The van der Waals surface area contributed by atoms with Gasteiger partial charge in [-0.15, -0.1) is 0 Å². The number of nitrogens with one attached hydrogen (secondary N) is 1. The molecule has 26 heavy (non-hydrogen) atoms. The number of sulfonamides is 1. The van der Waals surface area contributed by atoms with E-state index in [1.807, 2.05) is 0 Å². The summed E-state index contributed by atoms with van der Waals surface area (Å²) in [7, 11) is -3.68. The van der Waals surface area contributed by atoms with E-state index in [4.69, 9.17) is 23.8 Å². The van der Waals surface area contributed by atoms with Crippen LogP contribution in [0.5, 0.6) is 0 Å². The van der Waals surface area contributed by atoms with Crippen LogP contribution in [0, 0.1) is 0 Å². The Labute approximate surface area is 163 Å². The summed E-state index contributed by atoms with van der Waals surface area (Å²) in [4.78, 5) is 0.521. The van der Waals surface area contributed by atoms with E-state index in [1.165, 1.54) is 12.1 Å². The van der Waals surface area contributed by atoms with Gasteiger partial charge in [-0.1, -0.05) is 48.1 Å². The number of hydrogen-bond acceptors (Lipinski definition) is 4. The van der Waals surface area contributed by atoms with Crippen LogP contribution in [0.4, 0.5) is 5.69 Å². The molecular weight excluding hydrogens is 392 g/mol. The van der Waals surface area contributed by atoms with Gasteiger partial charge in [-0.2, -0.15) is 0 Å². The SMILES string of the molecule is CC(=S)N(O)C(C)/C=C/c1ccc(S(=O)(=O)Nc2ccc(Cl)cc2)cc1. The van der Waals surface area contributed by atoms with E-state index in [0.29, 0.717) is 15.7 Å². The first kappa shape index (κ1) is 20.4. The molecule has 138 valence electrons. The van der Waals surface area contributed by atoms with Crippen molar-refractivity contribution in [2.24, 2.45) is 0 Å². The van der Waals surface area contributed by atoms with Crippen molar-refractivity contribution in [3.8, 4) is 0 Å². The molecule has 1 unspecified atom stereocenters. The van der Waals surface area contributed by atoms with Crippen molar-refractivity contribution in [2.75, 3.05) is 4.72 Å². The Balaban J connectivity index is 2.10. The Morgan fingerprint density at radius 1 is 1.19 bits per heavy atom. The zero-order valence-corrected chi connectivity index (χ0v) is 16.6. The lowest BCUT2D eigenvalue weighted by molar-refractivity contribution is -0.0305. The zero-order valence-electron chi connectivity index (χ0n) is 14.3. The minimum absolute atomic E-state index is 0.149. The van der Waals surface area contributed by atoms with E-state index < -0.39 is 10.0 Å². The van der Waals surface area contributed by atoms with Crippen molar-refractivity contribution in [1.82, 2.24) is 5.06 Å². The van der Waals surface area contributed by atoms with Crippen LogP contribution in [0.3, 0.4) is 0 Å². The molecule has 0 saturated heterocycles. The van der Waals surface area contributed by atoms with Crippen molar-refractivity contribution in [3.05, 3.63) is 65.2 Å². The van der Waals surface area contributed by atoms with E-state index in [2.05, 4.69) is 4.72 Å². The maximum atomic E-state index is 12.4. The van der Waals surface area contributed by atoms with E-state index in [-0.39, 0.29) is 10.9 Å². The summed E-state index contributed by atoms with van der Waals surface area (Å²) >= 11 is 10.7. The Kier molecular flexibility index (Phi) is 6.77. The van der Waals surface area contributed by atoms with Crippen LogP contribution in [0.25, 0.3) is 6.08 Å². The number of anilines is 1. The predicted octanol–water partition coefficient (Wildman–Crippen LogP) is 4.58. The lowest BCUT2D eigenvalue weighted by Crippen LogP contribution is -2.31. The minimum Gasteiger partial charge on any atom is -0.287 e. The smallest absolute Gasteiger partial charge is 0.261 e. The van der Waals surface area contributed by atoms with E-state index in [9.17, 15) is 13.6 Å². The average molecular weight is 411 g/mol. The molecule has 0 aromatic heterocycles. The summed E-state index contributed by atoms with van der Waals surface area (Å²) in [5, 5.41) is 11.2. The molecule has 0 aliphatic rings. The highest BCUT2D eigenvalue weighted by Crippen LogP contribution is 2.19. The average Bonchev–Trinajstić information content (AvgIpc) is 2.61. The molecule has 8 heteroatoms. The first-order chi connectivity index (χ1) is 12.2. The normalized spacial score (nSPS) is 12.8. The second-order valence-corrected chi connectivity index (χ2v) is 8.35. The first-order valence-electron chi connectivity index (χ1n) is 7.74. The second kappa shape index (κ2) is 8.64. The molecule has 0 saturated carbocycles. The van der Waals surface area contributed by atoms with Crippen LogP contribution >= 0.6 is 23.8 Å². The van der Waals surface area contributed by atoms with Crippen LogP contribution in [0.1, 0.15) is 19.4 Å². The maximum absolute atomic E-state index is 12.4. The van der Waals surface area contributed by atoms with Gasteiger partial charge in [0.2, 0.25) is 0 Å². The molecule has 2 N–H and O–H groups in total. The molecular formula is C18H19ClN2O3S2. The summed E-state index contributed by atoms with van der Waals surface area (Å²) in [6, 6.07) is 12.5. The van der Waals surface area contributed by atoms with Gasteiger partial charge in [0.25, 0.3) is 10.0 Å². The van der Waals surface area contributed by atoms with Gasteiger partial charge in [0.05, 0.1) is 10.9 Å². The predicted molar refractivity (Wildman–Crippen MR) is 109 cm³/mol. The van der Waals surface area contributed by atoms with E-state index >= 15 is 0 Å². The molecule has 0 heterocycles. The fourth-order valence-electron chi connectivity index (χ4n) is 2.11. The summed E-state index contributed by atoms with van der Waals surface area (Å²) in [6.07, 6.45) is 3.56. The molecule has 2 aromatic rings. The number of nitrogens with zero attached hydrogens (tertiary/aromatic N) is 1. The highest BCUT2D eigenvalue weighted by Gasteiger charge is 2.14. The first-order valence-corrected chi connectivity index (χ1v) is 10.0. The largest absolute Gasteiger partial charge is 0.287 e. The topological polar surface area (TPSA) is 69.6 Å². The number of halogens is 1. The van der Waals surface area contributed by atoms with Crippen molar-refractivity contribution in [3.63, 3.8) is 0 Å². The number of hydroxylamine groups is 2. The van der Waals surface area contributed by atoms with Gasteiger partial charge in [-0.3, -0.25) is 9.93 Å². The molecule has 0 amide bonds. The third-order valence-corrected chi connectivity index (χ3v) is 5.40. The molecule has 0 radical (unpaired) electrons. The Morgan fingerprint density at radius 2 is 1.77 bits per heavy atom. The van der Waals surface area contributed by atoms with Crippen LogP contribution in [-0.4, -0.2) is 29.7 Å². The summed E-state index contributed by atoms with van der Waals surface area (Å²) in [5.41, 5.74) is 1.24.